The Balaban J connectivity index is 2.05. The molecule has 1 heterocycles. The summed E-state index contributed by atoms with van der Waals surface area (Å²) in [5, 5.41) is 7.00. The van der Waals surface area contributed by atoms with Crippen molar-refractivity contribution >= 4 is 0 Å². The molecule has 1 atom stereocenters. The van der Waals surface area contributed by atoms with Crippen LogP contribution in [-0.4, -0.2) is 15.2 Å². The molecule has 0 saturated carbocycles. The number of H-pyrrole nitrogens is 1. The molecule has 0 aliphatic heterocycles. The zero-order chi connectivity index (χ0) is 11.4. The molecule has 1 aromatic heterocycles. The minimum absolute atomic E-state index is 0.140. The van der Waals surface area contributed by atoms with Gasteiger partial charge in [0, 0.05) is 6.42 Å². The van der Waals surface area contributed by atoms with E-state index in [9.17, 15) is 0 Å². The Hall–Kier alpha value is -1.68. The summed E-state index contributed by atoms with van der Waals surface area (Å²) in [5.41, 5.74) is 7.26. The second kappa shape index (κ2) is 4.90. The summed E-state index contributed by atoms with van der Waals surface area (Å²) in [7, 11) is 0. The molecule has 0 bridgehead atoms. The van der Waals surface area contributed by atoms with Gasteiger partial charge in [0.05, 0.1) is 6.04 Å². The van der Waals surface area contributed by atoms with Gasteiger partial charge in [-0.2, -0.15) is 5.10 Å². The van der Waals surface area contributed by atoms with Gasteiger partial charge in [-0.3, -0.25) is 5.10 Å². The average Bonchev–Trinajstić information content (AvgIpc) is 2.79. The summed E-state index contributed by atoms with van der Waals surface area (Å²) >= 11 is 0. The van der Waals surface area contributed by atoms with Crippen LogP contribution in [-0.2, 0) is 12.8 Å². The minimum atomic E-state index is -0.140. The Kier molecular flexibility index (Phi) is 3.31. The molecule has 4 nitrogen and oxygen atoms in total. The van der Waals surface area contributed by atoms with Crippen molar-refractivity contribution in [2.75, 3.05) is 0 Å². The Morgan fingerprint density at radius 3 is 2.69 bits per heavy atom. The van der Waals surface area contributed by atoms with Crippen LogP contribution >= 0.6 is 0 Å². The van der Waals surface area contributed by atoms with Crippen molar-refractivity contribution in [3.8, 4) is 0 Å². The zero-order valence-corrected chi connectivity index (χ0v) is 9.35. The van der Waals surface area contributed by atoms with Crippen LogP contribution in [0, 0.1) is 0 Å². The Bertz CT molecular complexity index is 435. The van der Waals surface area contributed by atoms with Crippen molar-refractivity contribution in [2.45, 2.75) is 25.8 Å². The highest BCUT2D eigenvalue weighted by atomic mass is 15.2. The number of hydrogen-bond acceptors (Lipinski definition) is 3. The smallest absolute Gasteiger partial charge is 0.167 e. The third-order valence-electron chi connectivity index (χ3n) is 2.51. The summed E-state index contributed by atoms with van der Waals surface area (Å²) in [4.78, 5) is 4.33. The molecule has 2 aromatic rings. The molecule has 0 aliphatic rings. The first kappa shape index (κ1) is 10.8. The third-order valence-corrected chi connectivity index (χ3v) is 2.51. The Morgan fingerprint density at radius 2 is 2.06 bits per heavy atom. The molecule has 0 spiro atoms. The summed E-state index contributed by atoms with van der Waals surface area (Å²) < 4.78 is 0. The van der Waals surface area contributed by atoms with E-state index in [-0.39, 0.29) is 6.04 Å². The second-order valence-electron chi connectivity index (χ2n) is 3.79. The minimum Gasteiger partial charge on any atom is -0.321 e. The van der Waals surface area contributed by atoms with Crippen molar-refractivity contribution in [1.29, 1.82) is 0 Å². The van der Waals surface area contributed by atoms with Crippen molar-refractivity contribution in [3.63, 3.8) is 0 Å². The van der Waals surface area contributed by atoms with Gasteiger partial charge in [0.2, 0.25) is 0 Å². The van der Waals surface area contributed by atoms with E-state index in [1.165, 1.54) is 5.56 Å². The van der Waals surface area contributed by atoms with E-state index in [0.717, 1.165) is 18.7 Å². The summed E-state index contributed by atoms with van der Waals surface area (Å²) in [6.45, 7) is 2.03. The number of hydrogen-bond donors (Lipinski definition) is 2. The number of nitrogens with one attached hydrogen (secondary N) is 1. The molecule has 84 valence electrons. The lowest BCUT2D eigenvalue weighted by Crippen LogP contribution is -2.15. The Morgan fingerprint density at radius 1 is 1.31 bits per heavy atom. The SMILES string of the molecule is CCc1nc(C(N)Cc2ccccc2)n[nH]1. The van der Waals surface area contributed by atoms with E-state index in [0.29, 0.717) is 5.82 Å². The van der Waals surface area contributed by atoms with E-state index in [1.54, 1.807) is 0 Å². The van der Waals surface area contributed by atoms with Gasteiger partial charge >= 0.3 is 0 Å². The van der Waals surface area contributed by atoms with Crippen LogP contribution in [0.2, 0.25) is 0 Å². The fraction of sp³-hybridized carbons (Fsp3) is 0.333. The van der Waals surface area contributed by atoms with Crippen molar-refractivity contribution in [1.82, 2.24) is 15.2 Å². The number of benzene rings is 1. The van der Waals surface area contributed by atoms with Gasteiger partial charge in [0.15, 0.2) is 5.82 Å². The lowest BCUT2D eigenvalue weighted by atomic mass is 10.1. The van der Waals surface area contributed by atoms with E-state index < -0.39 is 0 Å². The first-order valence-electron chi connectivity index (χ1n) is 5.50. The molecule has 4 heteroatoms. The maximum absolute atomic E-state index is 6.05. The predicted octanol–water partition coefficient (Wildman–Crippen LogP) is 1.61. The average molecular weight is 216 g/mol. The standard InChI is InChI=1S/C12H16N4/c1-2-11-14-12(16-15-11)10(13)8-9-6-4-3-5-7-9/h3-7,10H,2,8,13H2,1H3,(H,14,15,16). The number of aromatic nitrogens is 3. The molecule has 2 rings (SSSR count). The predicted molar refractivity (Wildman–Crippen MR) is 62.8 cm³/mol. The van der Waals surface area contributed by atoms with Gasteiger partial charge in [-0.05, 0) is 12.0 Å². The molecular formula is C12H16N4. The van der Waals surface area contributed by atoms with E-state index >= 15 is 0 Å². The molecule has 0 amide bonds. The lowest BCUT2D eigenvalue weighted by molar-refractivity contribution is 0.670. The quantitative estimate of drug-likeness (QED) is 0.815. The molecule has 1 aromatic carbocycles. The highest BCUT2D eigenvalue weighted by Gasteiger charge is 2.12. The van der Waals surface area contributed by atoms with E-state index in [1.807, 2.05) is 25.1 Å². The molecule has 3 N–H and O–H groups in total. The molecule has 1 unspecified atom stereocenters. The summed E-state index contributed by atoms with van der Waals surface area (Å²) in [6, 6.07) is 10.0. The van der Waals surface area contributed by atoms with Crippen molar-refractivity contribution in [2.24, 2.45) is 5.73 Å². The summed E-state index contributed by atoms with van der Waals surface area (Å²) in [6.07, 6.45) is 1.62. The van der Waals surface area contributed by atoms with Crippen LogP contribution in [0.1, 0.15) is 30.2 Å². The molecule has 0 aliphatic carbocycles. The summed E-state index contributed by atoms with van der Waals surface area (Å²) in [5.74, 6) is 1.58. The maximum Gasteiger partial charge on any atom is 0.167 e. The van der Waals surface area contributed by atoms with Crippen molar-refractivity contribution < 1.29 is 0 Å². The number of rotatable bonds is 4. The van der Waals surface area contributed by atoms with Crippen molar-refractivity contribution in [3.05, 3.63) is 47.5 Å². The van der Waals surface area contributed by atoms with Gasteiger partial charge in [-0.25, -0.2) is 4.98 Å². The molecule has 16 heavy (non-hydrogen) atoms. The van der Waals surface area contributed by atoms with Crippen LogP contribution in [0.4, 0.5) is 0 Å². The Labute approximate surface area is 94.9 Å². The van der Waals surface area contributed by atoms with Crippen LogP contribution in [0.3, 0.4) is 0 Å². The number of nitrogens with two attached hydrogens (primary N) is 1. The highest BCUT2D eigenvalue weighted by Crippen LogP contribution is 2.12. The molecule has 0 fully saturated rings. The van der Waals surface area contributed by atoms with E-state index in [4.69, 9.17) is 5.73 Å². The lowest BCUT2D eigenvalue weighted by Gasteiger charge is -2.06. The van der Waals surface area contributed by atoms with Crippen LogP contribution in [0.5, 0.6) is 0 Å². The first-order chi connectivity index (χ1) is 7.79. The van der Waals surface area contributed by atoms with Crippen LogP contribution in [0.15, 0.2) is 30.3 Å². The monoisotopic (exact) mass is 216 g/mol. The molecule has 0 saturated heterocycles. The zero-order valence-electron chi connectivity index (χ0n) is 9.35. The number of aryl methyl sites for hydroxylation is 1. The van der Waals surface area contributed by atoms with Gasteiger partial charge in [0.25, 0.3) is 0 Å². The molecular weight excluding hydrogens is 200 g/mol. The number of nitrogens with zero attached hydrogens (tertiary/aromatic N) is 2. The topological polar surface area (TPSA) is 67.6 Å². The van der Waals surface area contributed by atoms with Crippen LogP contribution < -0.4 is 5.73 Å². The largest absolute Gasteiger partial charge is 0.321 e. The van der Waals surface area contributed by atoms with E-state index in [2.05, 4.69) is 27.3 Å². The molecule has 0 radical (unpaired) electrons. The van der Waals surface area contributed by atoms with Gasteiger partial charge in [-0.1, -0.05) is 37.3 Å². The van der Waals surface area contributed by atoms with Crippen LogP contribution in [0.25, 0.3) is 0 Å². The number of aromatic amines is 1. The second-order valence-corrected chi connectivity index (χ2v) is 3.79. The fourth-order valence-corrected chi connectivity index (χ4v) is 1.59. The fourth-order valence-electron chi connectivity index (χ4n) is 1.59. The maximum atomic E-state index is 6.05. The first-order valence-corrected chi connectivity index (χ1v) is 5.50. The van der Waals surface area contributed by atoms with Gasteiger partial charge < -0.3 is 5.73 Å². The normalized spacial score (nSPS) is 12.6. The highest BCUT2D eigenvalue weighted by molar-refractivity contribution is 5.17. The van der Waals surface area contributed by atoms with Gasteiger partial charge in [0.1, 0.15) is 5.82 Å². The third kappa shape index (κ3) is 2.46. The van der Waals surface area contributed by atoms with Gasteiger partial charge in [-0.15, -0.1) is 0 Å².